The molecule has 1 saturated heterocycles. The minimum atomic E-state index is -1.39. The van der Waals surface area contributed by atoms with Crippen LogP contribution in [0.2, 0.25) is 0 Å². The highest BCUT2D eigenvalue weighted by atomic mass is 16.6. The SMILES string of the molecule is CC(N)CCOC(C)(C)C1OC(CO)C(O)C(O)C1O. The number of rotatable bonds is 6. The number of hydrogen-bond donors (Lipinski definition) is 5. The molecule has 1 aliphatic rings. The van der Waals surface area contributed by atoms with E-state index in [1.165, 1.54) is 0 Å². The van der Waals surface area contributed by atoms with Gasteiger partial charge in [-0.05, 0) is 27.2 Å². The fraction of sp³-hybridized carbons (Fsp3) is 1.00. The third-order valence-corrected chi connectivity index (χ3v) is 3.62. The second-order valence-corrected chi connectivity index (χ2v) is 5.97. The molecular weight excluding hydrogens is 266 g/mol. The Kier molecular flexibility index (Phi) is 6.33. The number of nitrogens with two attached hydrogens (primary N) is 1. The third kappa shape index (κ3) is 4.11. The van der Waals surface area contributed by atoms with Gasteiger partial charge < -0.3 is 35.6 Å². The molecule has 0 aromatic carbocycles. The first-order valence-electron chi connectivity index (χ1n) is 6.90. The van der Waals surface area contributed by atoms with Crippen molar-refractivity contribution in [1.82, 2.24) is 0 Å². The highest BCUT2D eigenvalue weighted by molar-refractivity contribution is 4.98. The molecule has 1 heterocycles. The van der Waals surface area contributed by atoms with Gasteiger partial charge in [0, 0.05) is 12.6 Å². The molecule has 0 spiro atoms. The van der Waals surface area contributed by atoms with E-state index in [4.69, 9.17) is 20.3 Å². The van der Waals surface area contributed by atoms with Crippen molar-refractivity contribution in [3.63, 3.8) is 0 Å². The zero-order valence-corrected chi connectivity index (χ0v) is 12.3. The molecule has 1 aliphatic heterocycles. The van der Waals surface area contributed by atoms with E-state index in [1.54, 1.807) is 13.8 Å². The third-order valence-electron chi connectivity index (χ3n) is 3.62. The van der Waals surface area contributed by atoms with Crippen LogP contribution in [0.25, 0.3) is 0 Å². The van der Waals surface area contributed by atoms with Crippen molar-refractivity contribution in [3.05, 3.63) is 0 Å². The predicted octanol–water partition coefficient (Wildman–Crippen LogP) is -1.64. The molecule has 0 aromatic rings. The summed E-state index contributed by atoms with van der Waals surface area (Å²) < 4.78 is 11.2. The summed E-state index contributed by atoms with van der Waals surface area (Å²) in [5.74, 6) is 0. The van der Waals surface area contributed by atoms with Gasteiger partial charge in [0.15, 0.2) is 0 Å². The highest BCUT2D eigenvalue weighted by Crippen LogP contribution is 2.30. The van der Waals surface area contributed by atoms with Gasteiger partial charge in [0.2, 0.25) is 0 Å². The second kappa shape index (κ2) is 7.13. The van der Waals surface area contributed by atoms with Crippen LogP contribution < -0.4 is 5.73 Å². The summed E-state index contributed by atoms with van der Waals surface area (Å²) in [4.78, 5) is 0. The second-order valence-electron chi connectivity index (χ2n) is 5.97. The molecule has 0 saturated carbocycles. The van der Waals surface area contributed by atoms with Gasteiger partial charge in [-0.1, -0.05) is 0 Å². The Labute approximate surface area is 119 Å². The lowest BCUT2D eigenvalue weighted by atomic mass is 9.87. The predicted molar refractivity (Wildman–Crippen MR) is 72.1 cm³/mol. The smallest absolute Gasteiger partial charge is 0.115 e. The van der Waals surface area contributed by atoms with Crippen LogP contribution in [-0.2, 0) is 9.47 Å². The van der Waals surface area contributed by atoms with Crippen LogP contribution in [0, 0.1) is 0 Å². The quantitative estimate of drug-likeness (QED) is 0.398. The lowest BCUT2D eigenvalue weighted by Crippen LogP contribution is -2.64. The fourth-order valence-corrected chi connectivity index (χ4v) is 2.27. The monoisotopic (exact) mass is 293 g/mol. The van der Waals surface area contributed by atoms with E-state index < -0.39 is 42.7 Å². The van der Waals surface area contributed by atoms with Gasteiger partial charge in [-0.15, -0.1) is 0 Å². The Balaban J connectivity index is 2.71. The summed E-state index contributed by atoms with van der Waals surface area (Å²) in [6.07, 6.45) is -5.16. The van der Waals surface area contributed by atoms with Gasteiger partial charge in [-0.2, -0.15) is 0 Å². The average molecular weight is 293 g/mol. The molecule has 20 heavy (non-hydrogen) atoms. The summed E-state index contributed by atoms with van der Waals surface area (Å²) >= 11 is 0. The molecule has 0 amide bonds. The molecule has 0 aromatic heterocycles. The van der Waals surface area contributed by atoms with Gasteiger partial charge in [0.25, 0.3) is 0 Å². The molecular formula is C13H27NO6. The Hall–Kier alpha value is -0.280. The van der Waals surface area contributed by atoms with E-state index in [0.717, 1.165) is 0 Å². The minimum absolute atomic E-state index is 0.000556. The van der Waals surface area contributed by atoms with Crippen molar-refractivity contribution in [1.29, 1.82) is 0 Å². The molecule has 0 bridgehead atoms. The summed E-state index contributed by atoms with van der Waals surface area (Å²) in [5, 5.41) is 38.7. The number of ether oxygens (including phenoxy) is 2. The Morgan fingerprint density at radius 1 is 1.20 bits per heavy atom. The Bertz CT molecular complexity index is 297. The number of aliphatic hydroxyl groups is 4. The first kappa shape index (κ1) is 17.8. The molecule has 1 fully saturated rings. The lowest BCUT2D eigenvalue weighted by molar-refractivity contribution is -0.271. The van der Waals surface area contributed by atoms with Gasteiger partial charge in [0.05, 0.1) is 12.2 Å². The maximum Gasteiger partial charge on any atom is 0.115 e. The summed E-state index contributed by atoms with van der Waals surface area (Å²) in [6.45, 7) is 5.25. The van der Waals surface area contributed by atoms with Crippen molar-refractivity contribution in [2.24, 2.45) is 5.73 Å². The summed E-state index contributed by atoms with van der Waals surface area (Å²) in [6, 6.07) is 0.000556. The maximum absolute atomic E-state index is 10.0. The van der Waals surface area contributed by atoms with Gasteiger partial charge in [-0.3, -0.25) is 0 Å². The fourth-order valence-electron chi connectivity index (χ4n) is 2.27. The molecule has 6 atom stereocenters. The summed E-state index contributed by atoms with van der Waals surface area (Å²) in [7, 11) is 0. The van der Waals surface area contributed by atoms with Gasteiger partial charge >= 0.3 is 0 Å². The normalized spacial score (nSPS) is 36.9. The van der Waals surface area contributed by atoms with Crippen LogP contribution in [-0.4, -0.2) is 75.8 Å². The first-order chi connectivity index (χ1) is 9.20. The maximum atomic E-state index is 10.0. The molecule has 120 valence electrons. The largest absolute Gasteiger partial charge is 0.394 e. The molecule has 7 nitrogen and oxygen atoms in total. The average Bonchev–Trinajstić information content (AvgIpc) is 2.35. The molecule has 7 heteroatoms. The minimum Gasteiger partial charge on any atom is -0.394 e. The van der Waals surface area contributed by atoms with Crippen molar-refractivity contribution < 1.29 is 29.9 Å². The van der Waals surface area contributed by atoms with Crippen LogP contribution in [0.15, 0.2) is 0 Å². The highest BCUT2D eigenvalue weighted by Gasteiger charge is 2.49. The van der Waals surface area contributed by atoms with Crippen molar-refractivity contribution >= 4 is 0 Å². The molecule has 1 rings (SSSR count). The van der Waals surface area contributed by atoms with Crippen LogP contribution in [0.1, 0.15) is 27.2 Å². The van der Waals surface area contributed by atoms with Gasteiger partial charge in [0.1, 0.15) is 30.5 Å². The Morgan fingerprint density at radius 3 is 2.30 bits per heavy atom. The molecule has 0 aliphatic carbocycles. The molecule has 6 unspecified atom stereocenters. The Morgan fingerprint density at radius 2 is 1.80 bits per heavy atom. The zero-order chi connectivity index (χ0) is 15.5. The lowest BCUT2D eigenvalue weighted by Gasteiger charge is -2.46. The number of hydrogen-bond acceptors (Lipinski definition) is 7. The first-order valence-corrected chi connectivity index (χ1v) is 6.90. The van der Waals surface area contributed by atoms with Crippen molar-refractivity contribution in [3.8, 4) is 0 Å². The van der Waals surface area contributed by atoms with Crippen molar-refractivity contribution in [2.75, 3.05) is 13.2 Å². The standard InChI is InChI=1S/C13H27NO6/c1-7(14)4-5-19-13(2,3)12-11(18)10(17)9(16)8(6-15)20-12/h7-12,15-18H,4-6,14H2,1-3H3. The summed E-state index contributed by atoms with van der Waals surface area (Å²) in [5.41, 5.74) is 4.76. The number of aliphatic hydroxyl groups excluding tert-OH is 4. The van der Waals surface area contributed by atoms with Crippen LogP contribution in [0.5, 0.6) is 0 Å². The van der Waals surface area contributed by atoms with Crippen LogP contribution in [0.4, 0.5) is 0 Å². The van der Waals surface area contributed by atoms with Gasteiger partial charge in [-0.25, -0.2) is 0 Å². The van der Waals surface area contributed by atoms with E-state index in [9.17, 15) is 15.3 Å². The topological polar surface area (TPSA) is 125 Å². The zero-order valence-electron chi connectivity index (χ0n) is 12.3. The molecule has 0 radical (unpaired) electrons. The van der Waals surface area contributed by atoms with E-state index in [0.29, 0.717) is 13.0 Å². The van der Waals surface area contributed by atoms with E-state index in [2.05, 4.69) is 0 Å². The van der Waals surface area contributed by atoms with E-state index in [-0.39, 0.29) is 6.04 Å². The van der Waals surface area contributed by atoms with Crippen molar-refractivity contribution in [2.45, 2.75) is 69.4 Å². The van der Waals surface area contributed by atoms with Crippen LogP contribution in [0.3, 0.4) is 0 Å². The molecule has 6 N–H and O–H groups in total. The van der Waals surface area contributed by atoms with Crippen LogP contribution >= 0.6 is 0 Å². The van der Waals surface area contributed by atoms with E-state index in [1.807, 2.05) is 6.92 Å². The van der Waals surface area contributed by atoms with E-state index >= 15 is 0 Å².